The Hall–Kier alpha value is -3.72. The van der Waals surface area contributed by atoms with Crippen LogP contribution in [-0.2, 0) is 0 Å². The van der Waals surface area contributed by atoms with Gasteiger partial charge in [-0.3, -0.25) is 4.79 Å². The van der Waals surface area contributed by atoms with Gasteiger partial charge in [0.25, 0.3) is 5.91 Å². The molecule has 1 aromatic heterocycles. The molecule has 0 aliphatic heterocycles. The quantitative estimate of drug-likeness (QED) is 0.762. The minimum absolute atomic E-state index is 0.283. The molecule has 0 aliphatic rings. The van der Waals surface area contributed by atoms with Crippen molar-refractivity contribution in [2.45, 2.75) is 6.92 Å². The Bertz CT molecular complexity index is 945. The van der Waals surface area contributed by atoms with Crippen LogP contribution in [0.5, 0.6) is 0 Å². The maximum Gasteiger partial charge on any atom is 0.258 e. The topological polar surface area (TPSA) is 90.7 Å². The van der Waals surface area contributed by atoms with E-state index >= 15 is 0 Å². The zero-order valence-corrected chi connectivity index (χ0v) is 13.5. The molecule has 2 aromatic carbocycles. The van der Waals surface area contributed by atoms with Gasteiger partial charge in [0.05, 0.1) is 16.8 Å². The summed E-state index contributed by atoms with van der Waals surface area (Å²) in [7, 11) is 0. The third-order valence-electron chi connectivity index (χ3n) is 3.48. The van der Waals surface area contributed by atoms with Gasteiger partial charge in [-0.25, -0.2) is 9.97 Å². The van der Waals surface area contributed by atoms with Crippen LogP contribution in [0.25, 0.3) is 0 Å². The Kier molecular flexibility index (Phi) is 4.67. The summed E-state index contributed by atoms with van der Waals surface area (Å²) in [6.45, 7) is 1.96. The van der Waals surface area contributed by atoms with Gasteiger partial charge in [-0.05, 0) is 36.8 Å². The number of para-hydroxylation sites is 1. The molecule has 6 heteroatoms. The highest BCUT2D eigenvalue weighted by molar-refractivity contribution is 6.03. The second-order valence-electron chi connectivity index (χ2n) is 5.40. The molecule has 3 rings (SSSR count). The van der Waals surface area contributed by atoms with E-state index in [4.69, 9.17) is 5.26 Å². The molecule has 122 valence electrons. The molecular formula is C19H15N5O. The van der Waals surface area contributed by atoms with Gasteiger partial charge in [0.2, 0.25) is 5.95 Å². The molecular weight excluding hydrogens is 314 g/mol. The molecule has 1 amide bonds. The number of anilines is 3. The predicted molar refractivity (Wildman–Crippen MR) is 95.6 cm³/mol. The van der Waals surface area contributed by atoms with Crippen molar-refractivity contribution in [3.8, 4) is 6.07 Å². The van der Waals surface area contributed by atoms with Crippen LogP contribution in [0.15, 0.2) is 60.9 Å². The second-order valence-corrected chi connectivity index (χ2v) is 5.40. The van der Waals surface area contributed by atoms with E-state index in [0.717, 1.165) is 11.3 Å². The van der Waals surface area contributed by atoms with Crippen LogP contribution in [0.3, 0.4) is 0 Å². The van der Waals surface area contributed by atoms with E-state index in [1.807, 2.05) is 37.3 Å². The smallest absolute Gasteiger partial charge is 0.258 e. The predicted octanol–water partition coefficient (Wildman–Crippen LogP) is 3.65. The minimum atomic E-state index is -0.283. The normalized spacial score (nSPS) is 9.92. The highest BCUT2D eigenvalue weighted by Gasteiger charge is 2.09. The lowest BCUT2D eigenvalue weighted by molar-refractivity contribution is 0.102. The van der Waals surface area contributed by atoms with Crippen molar-refractivity contribution in [2.75, 3.05) is 10.6 Å². The maximum absolute atomic E-state index is 12.2. The van der Waals surface area contributed by atoms with Crippen LogP contribution in [0.2, 0.25) is 0 Å². The molecule has 25 heavy (non-hydrogen) atoms. The minimum Gasteiger partial charge on any atom is -0.323 e. The lowest BCUT2D eigenvalue weighted by Crippen LogP contribution is -2.13. The van der Waals surface area contributed by atoms with Crippen LogP contribution in [0.4, 0.5) is 17.3 Å². The summed E-state index contributed by atoms with van der Waals surface area (Å²) in [5.41, 5.74) is 3.23. The standard InChI is InChI=1S/C19H15N5O/c1-13-5-4-7-16(9-13)23-18(25)15-11-21-19(22-12-15)24-17-8-3-2-6-14(17)10-20/h2-9,11-12H,1H3,(H,23,25)(H,21,22,24). The summed E-state index contributed by atoms with van der Waals surface area (Å²) in [4.78, 5) is 20.5. The van der Waals surface area contributed by atoms with Gasteiger partial charge in [0, 0.05) is 18.1 Å². The molecule has 0 unspecified atom stereocenters. The number of nitrogens with one attached hydrogen (secondary N) is 2. The average molecular weight is 329 g/mol. The van der Waals surface area contributed by atoms with Crippen LogP contribution in [-0.4, -0.2) is 15.9 Å². The number of aromatic nitrogens is 2. The number of hydrogen-bond acceptors (Lipinski definition) is 5. The number of hydrogen-bond donors (Lipinski definition) is 2. The highest BCUT2D eigenvalue weighted by Crippen LogP contribution is 2.17. The number of amides is 1. The van der Waals surface area contributed by atoms with Gasteiger partial charge in [-0.15, -0.1) is 0 Å². The Morgan fingerprint density at radius 1 is 1.08 bits per heavy atom. The molecule has 1 heterocycles. The fourth-order valence-electron chi connectivity index (χ4n) is 2.25. The highest BCUT2D eigenvalue weighted by atomic mass is 16.1. The van der Waals surface area contributed by atoms with E-state index in [2.05, 4.69) is 26.7 Å². The van der Waals surface area contributed by atoms with E-state index in [-0.39, 0.29) is 5.91 Å². The molecule has 0 saturated carbocycles. The van der Waals surface area contributed by atoms with Crippen LogP contribution < -0.4 is 10.6 Å². The second kappa shape index (κ2) is 7.23. The average Bonchev–Trinajstić information content (AvgIpc) is 2.63. The number of aryl methyl sites for hydroxylation is 1. The molecule has 0 fully saturated rings. The molecule has 2 N–H and O–H groups in total. The molecule has 0 radical (unpaired) electrons. The Morgan fingerprint density at radius 3 is 2.56 bits per heavy atom. The van der Waals surface area contributed by atoms with E-state index in [9.17, 15) is 4.79 Å². The van der Waals surface area contributed by atoms with Gasteiger partial charge in [-0.2, -0.15) is 5.26 Å². The first-order chi connectivity index (χ1) is 12.2. The first-order valence-corrected chi connectivity index (χ1v) is 7.62. The lowest BCUT2D eigenvalue weighted by Gasteiger charge is -2.08. The van der Waals surface area contributed by atoms with Crippen molar-refractivity contribution in [2.24, 2.45) is 0 Å². The third-order valence-corrected chi connectivity index (χ3v) is 3.48. The number of nitriles is 1. The van der Waals surface area contributed by atoms with Gasteiger partial charge >= 0.3 is 0 Å². The summed E-state index contributed by atoms with van der Waals surface area (Å²) in [5.74, 6) is 0.0318. The first-order valence-electron chi connectivity index (χ1n) is 7.62. The fourth-order valence-corrected chi connectivity index (χ4v) is 2.25. The summed E-state index contributed by atoms with van der Waals surface area (Å²) in [6, 6.07) is 16.7. The van der Waals surface area contributed by atoms with Crippen LogP contribution in [0, 0.1) is 18.3 Å². The van der Waals surface area contributed by atoms with E-state index < -0.39 is 0 Å². The summed E-state index contributed by atoms with van der Waals surface area (Å²) < 4.78 is 0. The maximum atomic E-state index is 12.2. The Morgan fingerprint density at radius 2 is 1.84 bits per heavy atom. The molecule has 3 aromatic rings. The third kappa shape index (κ3) is 3.98. The van der Waals surface area contributed by atoms with Crippen molar-refractivity contribution in [3.05, 3.63) is 77.6 Å². The molecule has 0 aliphatic carbocycles. The van der Waals surface area contributed by atoms with Gasteiger partial charge in [-0.1, -0.05) is 24.3 Å². The van der Waals surface area contributed by atoms with Crippen LogP contribution in [0.1, 0.15) is 21.5 Å². The number of carbonyl (C=O) groups is 1. The summed E-state index contributed by atoms with van der Waals surface area (Å²) >= 11 is 0. The van der Waals surface area contributed by atoms with Crippen molar-refractivity contribution < 1.29 is 4.79 Å². The molecule has 0 saturated heterocycles. The molecule has 6 nitrogen and oxygen atoms in total. The van der Waals surface area contributed by atoms with Gasteiger partial charge in [0.15, 0.2) is 0 Å². The first kappa shape index (κ1) is 16.1. The largest absolute Gasteiger partial charge is 0.323 e. The fraction of sp³-hybridized carbons (Fsp3) is 0.0526. The van der Waals surface area contributed by atoms with Gasteiger partial charge < -0.3 is 10.6 Å². The number of benzene rings is 2. The number of carbonyl (C=O) groups excluding carboxylic acids is 1. The van der Waals surface area contributed by atoms with Crippen molar-refractivity contribution in [1.29, 1.82) is 5.26 Å². The van der Waals surface area contributed by atoms with Gasteiger partial charge in [0.1, 0.15) is 6.07 Å². The summed E-state index contributed by atoms with van der Waals surface area (Å²) in [5, 5.41) is 14.9. The van der Waals surface area contributed by atoms with E-state index in [1.165, 1.54) is 12.4 Å². The Labute approximate surface area is 145 Å². The summed E-state index contributed by atoms with van der Waals surface area (Å²) in [6.07, 6.45) is 2.88. The van der Waals surface area contributed by atoms with E-state index in [0.29, 0.717) is 22.8 Å². The number of nitrogens with zero attached hydrogens (tertiary/aromatic N) is 3. The zero-order chi connectivity index (χ0) is 17.6. The van der Waals surface area contributed by atoms with E-state index in [1.54, 1.807) is 18.2 Å². The zero-order valence-electron chi connectivity index (χ0n) is 13.5. The van der Waals surface area contributed by atoms with Crippen molar-refractivity contribution in [3.63, 3.8) is 0 Å². The monoisotopic (exact) mass is 329 g/mol. The molecule has 0 bridgehead atoms. The molecule has 0 atom stereocenters. The van der Waals surface area contributed by atoms with Crippen LogP contribution >= 0.6 is 0 Å². The SMILES string of the molecule is Cc1cccc(NC(=O)c2cnc(Nc3ccccc3C#N)nc2)c1. The number of rotatable bonds is 4. The van der Waals surface area contributed by atoms with Crippen molar-refractivity contribution >= 4 is 23.2 Å². The Balaban J connectivity index is 1.71. The lowest BCUT2D eigenvalue weighted by atomic mass is 10.2. The van der Waals surface area contributed by atoms with Crippen molar-refractivity contribution in [1.82, 2.24) is 9.97 Å². The molecule has 0 spiro atoms.